The predicted molar refractivity (Wildman–Crippen MR) is 143 cm³/mol. The molecule has 0 spiro atoms. The lowest BCUT2D eigenvalue weighted by molar-refractivity contribution is -0.129. The highest BCUT2D eigenvalue weighted by atomic mass is 16.2. The van der Waals surface area contributed by atoms with Gasteiger partial charge in [0.1, 0.15) is 0 Å². The van der Waals surface area contributed by atoms with Crippen molar-refractivity contribution in [1.29, 1.82) is 0 Å². The third-order valence-corrected chi connectivity index (χ3v) is 6.63. The largest absolute Gasteiger partial charge is 0.348 e. The molecular formula is C33H33NO. The number of amides is 1. The third kappa shape index (κ3) is 4.66. The van der Waals surface area contributed by atoms with Gasteiger partial charge in [-0.15, -0.1) is 0 Å². The van der Waals surface area contributed by atoms with E-state index in [2.05, 4.69) is 5.32 Å². The fourth-order valence-electron chi connectivity index (χ4n) is 4.84. The smallest absolute Gasteiger partial charge is 0.225 e. The molecule has 4 aromatic rings. The summed E-state index contributed by atoms with van der Waals surface area (Å²) in [5.41, 5.74) is 3.37. The molecule has 0 fully saturated rings. The topological polar surface area (TPSA) is 29.1 Å². The molecule has 1 aliphatic rings. The monoisotopic (exact) mass is 462 g/mol. The first-order chi connectivity index (χ1) is 18.1. The predicted octanol–water partition coefficient (Wildman–Crippen LogP) is 7.41. The zero-order valence-electron chi connectivity index (χ0n) is 23.5. The van der Waals surface area contributed by atoms with Gasteiger partial charge in [-0.3, -0.25) is 4.79 Å². The van der Waals surface area contributed by atoms with Gasteiger partial charge in [0.15, 0.2) is 0 Å². The van der Waals surface area contributed by atoms with Crippen LogP contribution in [0.3, 0.4) is 0 Å². The van der Waals surface area contributed by atoms with Crippen molar-refractivity contribution in [2.45, 2.75) is 45.0 Å². The van der Waals surface area contributed by atoms with Crippen molar-refractivity contribution in [2.75, 3.05) is 0 Å². The maximum atomic E-state index is 13.5. The van der Waals surface area contributed by atoms with Crippen LogP contribution in [0, 0.1) is 5.41 Å². The minimum Gasteiger partial charge on any atom is -0.348 e. The Kier molecular flexibility index (Phi) is 5.35. The van der Waals surface area contributed by atoms with Gasteiger partial charge in [-0.1, -0.05) is 130 Å². The first kappa shape index (κ1) is 19.6. The minimum absolute atomic E-state index is 0.108. The van der Waals surface area contributed by atoms with Crippen LogP contribution in [0.1, 0.15) is 76.1 Å². The van der Waals surface area contributed by atoms with Crippen molar-refractivity contribution in [2.24, 2.45) is 5.41 Å². The van der Waals surface area contributed by atoms with Gasteiger partial charge >= 0.3 is 0 Å². The molecule has 0 radical (unpaired) electrons. The Labute approximate surface area is 213 Å². The quantitative estimate of drug-likeness (QED) is 0.329. The number of fused-ring (bicyclic) bond motifs is 2. The lowest BCUT2D eigenvalue weighted by Crippen LogP contribution is -2.41. The summed E-state index contributed by atoms with van der Waals surface area (Å²) in [4.78, 5) is 13.5. The fourth-order valence-corrected chi connectivity index (χ4v) is 4.84. The highest BCUT2D eigenvalue weighted by Crippen LogP contribution is 2.50. The number of nitrogens with one attached hydrogen (secondary N) is 1. The van der Waals surface area contributed by atoms with Crippen LogP contribution in [-0.2, 0) is 11.2 Å². The molecule has 1 amide bonds. The van der Waals surface area contributed by atoms with Crippen LogP contribution in [0.4, 0.5) is 0 Å². The Hall–Kier alpha value is -3.65. The van der Waals surface area contributed by atoms with Gasteiger partial charge in [0.25, 0.3) is 0 Å². The first-order valence-corrected chi connectivity index (χ1v) is 12.2. The van der Waals surface area contributed by atoms with Crippen LogP contribution >= 0.6 is 0 Å². The number of carbonyl (C=O) groups excluding carboxylic acids is 1. The second-order valence-corrected chi connectivity index (χ2v) is 10.1. The summed E-state index contributed by atoms with van der Waals surface area (Å²) in [6.07, 6.45) is -1.75. The van der Waals surface area contributed by atoms with Crippen molar-refractivity contribution >= 4 is 5.91 Å². The molecule has 1 aliphatic carbocycles. The maximum Gasteiger partial charge on any atom is 0.225 e. The number of rotatable bonds is 5. The van der Waals surface area contributed by atoms with E-state index in [0.717, 1.165) is 11.1 Å². The standard InChI is InChI=1S/C33H33NO/c1-33(2,3)32(35)34-31(24-16-8-5-9-17-24)29(23-14-6-4-7-15-23)30-27-20-12-10-18-25(27)22-26-19-11-13-21-28(26)30/h4-21,29-31H,22H2,1-3H3,(H,34,35)/t29-,31-/m0/s1/i22D2,30D. The van der Waals surface area contributed by atoms with Crippen molar-refractivity contribution in [3.05, 3.63) is 143 Å². The molecule has 176 valence electrons. The van der Waals surface area contributed by atoms with Gasteiger partial charge < -0.3 is 5.32 Å². The molecule has 2 heteroatoms. The summed E-state index contributed by atoms with van der Waals surface area (Å²) in [6.45, 7) is 5.66. The molecule has 0 heterocycles. The van der Waals surface area contributed by atoms with Crippen molar-refractivity contribution in [3.63, 3.8) is 0 Å². The van der Waals surface area contributed by atoms with E-state index in [-0.39, 0.29) is 5.91 Å². The second-order valence-electron chi connectivity index (χ2n) is 10.1. The molecule has 0 bridgehead atoms. The maximum absolute atomic E-state index is 13.5. The number of carbonyl (C=O) groups is 1. The molecule has 0 unspecified atom stereocenters. The molecule has 0 saturated heterocycles. The lowest BCUT2D eigenvalue weighted by atomic mass is 9.67. The first-order valence-electron chi connectivity index (χ1n) is 13.7. The Morgan fingerprint density at radius 2 is 1.23 bits per heavy atom. The summed E-state index contributed by atoms with van der Waals surface area (Å²) in [5.74, 6) is -2.06. The van der Waals surface area contributed by atoms with Crippen molar-refractivity contribution in [3.8, 4) is 0 Å². The molecule has 0 aliphatic heterocycles. The SMILES string of the molecule is [2H]C1([2H])c2ccccc2C([2H])([C@H](c2ccccc2)[C@@H](NC(=O)C(C)(C)C)c2ccccc2)c2ccccc21. The van der Waals surface area contributed by atoms with E-state index in [9.17, 15) is 6.17 Å². The zero-order chi connectivity index (χ0) is 27.1. The lowest BCUT2D eigenvalue weighted by Gasteiger charge is -2.40. The molecule has 0 saturated carbocycles. The Morgan fingerprint density at radius 3 is 1.74 bits per heavy atom. The van der Waals surface area contributed by atoms with E-state index in [1.807, 2.05) is 118 Å². The molecule has 1 N–H and O–H groups in total. The number of hydrogen-bond donors (Lipinski definition) is 1. The van der Waals surface area contributed by atoms with Gasteiger partial charge in [0.05, 0.1) is 6.04 Å². The molecule has 5 rings (SSSR count). The van der Waals surface area contributed by atoms with Gasteiger partial charge in [-0.2, -0.15) is 0 Å². The Balaban J connectivity index is 1.85. The van der Waals surface area contributed by atoms with E-state index in [1.54, 1.807) is 12.1 Å². The highest BCUT2D eigenvalue weighted by Gasteiger charge is 2.39. The number of benzene rings is 4. The van der Waals surface area contributed by atoms with E-state index >= 15 is 0 Å². The van der Waals surface area contributed by atoms with Crippen LogP contribution in [0.15, 0.2) is 109 Å². The van der Waals surface area contributed by atoms with Crippen LogP contribution in [-0.4, -0.2) is 5.91 Å². The van der Waals surface area contributed by atoms with Gasteiger partial charge in [0.2, 0.25) is 5.91 Å². The van der Waals surface area contributed by atoms with Crippen molar-refractivity contribution in [1.82, 2.24) is 5.32 Å². The second kappa shape index (κ2) is 9.54. The Morgan fingerprint density at radius 1 is 0.771 bits per heavy atom. The molecule has 35 heavy (non-hydrogen) atoms. The van der Waals surface area contributed by atoms with Gasteiger partial charge in [0, 0.05) is 21.3 Å². The van der Waals surface area contributed by atoms with Gasteiger partial charge in [-0.25, -0.2) is 0 Å². The van der Waals surface area contributed by atoms with E-state index < -0.39 is 29.6 Å². The van der Waals surface area contributed by atoms with E-state index in [0.29, 0.717) is 22.3 Å². The molecule has 4 aromatic carbocycles. The van der Waals surface area contributed by atoms with Crippen molar-refractivity contribution < 1.29 is 8.91 Å². The van der Waals surface area contributed by atoms with Crippen LogP contribution in [0.2, 0.25) is 0 Å². The third-order valence-electron chi connectivity index (χ3n) is 6.63. The van der Waals surface area contributed by atoms with E-state index in [1.165, 1.54) is 0 Å². The summed E-state index contributed by atoms with van der Waals surface area (Å²) in [5, 5.41) is 3.32. The summed E-state index contributed by atoms with van der Waals surface area (Å²) in [6, 6.07) is 33.9. The normalized spacial score (nSPS) is 18.5. The number of hydrogen-bond acceptors (Lipinski definition) is 1. The summed E-state index contributed by atoms with van der Waals surface area (Å²) < 4.78 is 28.6. The van der Waals surface area contributed by atoms with Crippen LogP contribution in [0.25, 0.3) is 0 Å². The minimum atomic E-state index is -1.75. The highest BCUT2D eigenvalue weighted by molar-refractivity contribution is 5.82. The molecular weight excluding hydrogens is 426 g/mol. The average molecular weight is 463 g/mol. The zero-order valence-corrected chi connectivity index (χ0v) is 20.5. The average Bonchev–Trinajstić information content (AvgIpc) is 2.92. The van der Waals surface area contributed by atoms with E-state index in [4.69, 9.17) is 2.74 Å². The summed E-state index contributed by atoms with van der Waals surface area (Å²) >= 11 is 0. The molecule has 0 aromatic heterocycles. The summed E-state index contributed by atoms with van der Waals surface area (Å²) in [7, 11) is 0. The fraction of sp³-hybridized carbons (Fsp3) is 0.242. The van der Waals surface area contributed by atoms with Crippen LogP contribution in [0.5, 0.6) is 0 Å². The molecule has 2 atom stereocenters. The van der Waals surface area contributed by atoms with Gasteiger partial charge in [-0.05, 0) is 39.8 Å². The molecule has 2 nitrogen and oxygen atoms in total. The van der Waals surface area contributed by atoms with Crippen LogP contribution < -0.4 is 5.32 Å². The Bertz CT molecular complexity index is 1390.